The van der Waals surface area contributed by atoms with E-state index in [2.05, 4.69) is 207 Å². The molecule has 0 amide bonds. The Bertz CT molecular complexity index is 2480. The molecule has 0 saturated heterocycles. The van der Waals surface area contributed by atoms with Crippen molar-refractivity contribution in [3.8, 4) is 44.5 Å². The lowest BCUT2D eigenvalue weighted by Crippen LogP contribution is -2.16. The minimum absolute atomic E-state index is 0.135. The molecule has 1 heteroatoms. The number of benzene rings is 8. The molecular weight excluding hydrogens is 603 g/mol. The van der Waals surface area contributed by atoms with Gasteiger partial charge in [0.25, 0.3) is 0 Å². The van der Waals surface area contributed by atoms with Gasteiger partial charge in [0.05, 0.1) is 0 Å². The summed E-state index contributed by atoms with van der Waals surface area (Å²) in [5.74, 6) is 0. The molecule has 9 rings (SSSR count). The third kappa shape index (κ3) is 5.02. The van der Waals surface area contributed by atoms with Gasteiger partial charge < -0.3 is 4.90 Å². The molecule has 8 aromatic rings. The number of hydrogen-bond acceptors (Lipinski definition) is 1. The Morgan fingerprint density at radius 1 is 0.360 bits per heavy atom. The summed E-state index contributed by atoms with van der Waals surface area (Å²) in [4.78, 5) is 2.39. The number of hydrogen-bond donors (Lipinski definition) is 0. The predicted molar refractivity (Wildman–Crippen MR) is 213 cm³/mol. The van der Waals surface area contributed by atoms with Gasteiger partial charge in [0.2, 0.25) is 0 Å². The van der Waals surface area contributed by atoms with Crippen LogP contribution in [-0.2, 0) is 5.41 Å². The molecule has 0 bridgehead atoms. The van der Waals surface area contributed by atoms with Gasteiger partial charge in [-0.05, 0) is 115 Å². The largest absolute Gasteiger partial charge is 0.310 e. The molecule has 0 N–H and O–H groups in total. The zero-order valence-electron chi connectivity index (χ0n) is 28.3. The average Bonchev–Trinajstić information content (AvgIpc) is 3.41. The Morgan fingerprint density at radius 2 is 0.960 bits per heavy atom. The number of anilines is 3. The molecule has 0 aliphatic heterocycles. The quantitative estimate of drug-likeness (QED) is 0.175. The summed E-state index contributed by atoms with van der Waals surface area (Å²) in [6.45, 7) is 4.73. The fourth-order valence-corrected chi connectivity index (χ4v) is 7.93. The molecule has 0 fully saturated rings. The highest BCUT2D eigenvalue weighted by Gasteiger charge is 2.37. The molecule has 0 heterocycles. The van der Waals surface area contributed by atoms with Crippen molar-refractivity contribution in [3.63, 3.8) is 0 Å². The van der Waals surface area contributed by atoms with Crippen molar-refractivity contribution in [2.45, 2.75) is 19.3 Å². The van der Waals surface area contributed by atoms with E-state index < -0.39 is 0 Å². The average molecular weight is 640 g/mol. The van der Waals surface area contributed by atoms with Crippen molar-refractivity contribution in [3.05, 3.63) is 199 Å². The second-order valence-electron chi connectivity index (χ2n) is 13.8. The van der Waals surface area contributed by atoms with Gasteiger partial charge in [-0.2, -0.15) is 0 Å². The highest BCUT2D eigenvalue weighted by molar-refractivity contribution is 6.00. The summed E-state index contributed by atoms with van der Waals surface area (Å²) in [5, 5.41) is 2.52. The lowest BCUT2D eigenvalue weighted by atomic mass is 9.81. The molecule has 50 heavy (non-hydrogen) atoms. The Morgan fingerprint density at radius 3 is 1.68 bits per heavy atom. The summed E-state index contributed by atoms with van der Waals surface area (Å²) >= 11 is 0. The molecule has 0 unspecified atom stereocenters. The minimum atomic E-state index is -0.135. The molecule has 0 atom stereocenters. The van der Waals surface area contributed by atoms with Crippen LogP contribution in [0.3, 0.4) is 0 Å². The molecule has 0 radical (unpaired) electrons. The third-order valence-electron chi connectivity index (χ3n) is 10.4. The van der Waals surface area contributed by atoms with E-state index in [1.165, 1.54) is 66.4 Å². The lowest BCUT2D eigenvalue weighted by molar-refractivity contribution is 0.660. The summed E-state index contributed by atoms with van der Waals surface area (Å²) in [7, 11) is 0. The summed E-state index contributed by atoms with van der Waals surface area (Å²) in [6, 6.07) is 68.5. The van der Waals surface area contributed by atoms with Gasteiger partial charge in [-0.3, -0.25) is 0 Å². The first-order valence-corrected chi connectivity index (χ1v) is 17.4. The van der Waals surface area contributed by atoms with Gasteiger partial charge in [0.1, 0.15) is 0 Å². The van der Waals surface area contributed by atoms with E-state index in [0.717, 1.165) is 17.1 Å². The summed E-state index contributed by atoms with van der Waals surface area (Å²) in [5.41, 5.74) is 16.1. The SMILES string of the molecule is CC1(C)c2cc(N(c3ccccc3)c3ccc(-c4cc(-c5ccccc5)c5ccccc5c4)cc3)ccc2-c2c(-c3ccccc3)cccc21. The minimum Gasteiger partial charge on any atom is -0.310 e. The van der Waals surface area contributed by atoms with Crippen molar-refractivity contribution in [1.82, 2.24) is 0 Å². The van der Waals surface area contributed by atoms with Gasteiger partial charge in [-0.25, -0.2) is 0 Å². The van der Waals surface area contributed by atoms with Gasteiger partial charge >= 0.3 is 0 Å². The molecule has 238 valence electrons. The third-order valence-corrected chi connectivity index (χ3v) is 10.4. The molecule has 0 spiro atoms. The standard InChI is InChI=1S/C49H37N/c1-49(2)46-24-14-23-43(35-15-6-3-7-16-35)48(46)44-30-29-41(33-47(44)49)50(39-20-10-5-11-21-39)40-27-25-34(26-28-40)38-31-37-19-12-13-22-42(37)45(32-38)36-17-8-4-9-18-36/h3-33H,1-2H3. The summed E-state index contributed by atoms with van der Waals surface area (Å²) in [6.07, 6.45) is 0. The van der Waals surface area contributed by atoms with Crippen LogP contribution in [0, 0.1) is 0 Å². The van der Waals surface area contributed by atoms with Gasteiger partial charge in [-0.1, -0.05) is 153 Å². The number of rotatable bonds is 6. The Hall–Kier alpha value is -6.18. The van der Waals surface area contributed by atoms with Gasteiger partial charge in [-0.15, -0.1) is 0 Å². The van der Waals surface area contributed by atoms with Gasteiger partial charge in [0, 0.05) is 22.5 Å². The van der Waals surface area contributed by atoms with Crippen LogP contribution in [0.25, 0.3) is 55.3 Å². The number of para-hydroxylation sites is 1. The van der Waals surface area contributed by atoms with Crippen molar-refractivity contribution >= 4 is 27.8 Å². The second kappa shape index (κ2) is 12.1. The monoisotopic (exact) mass is 639 g/mol. The lowest BCUT2D eigenvalue weighted by Gasteiger charge is -2.28. The van der Waals surface area contributed by atoms with Crippen LogP contribution in [0.5, 0.6) is 0 Å². The first-order valence-electron chi connectivity index (χ1n) is 17.4. The zero-order chi connectivity index (χ0) is 33.7. The van der Waals surface area contributed by atoms with Crippen molar-refractivity contribution < 1.29 is 0 Å². The Labute approximate surface area is 294 Å². The van der Waals surface area contributed by atoms with Gasteiger partial charge in [0.15, 0.2) is 0 Å². The van der Waals surface area contributed by atoms with Crippen molar-refractivity contribution in [2.75, 3.05) is 4.90 Å². The molecule has 1 aliphatic carbocycles. The maximum absolute atomic E-state index is 2.42. The van der Waals surface area contributed by atoms with E-state index in [1.807, 2.05) is 0 Å². The topological polar surface area (TPSA) is 3.24 Å². The molecule has 8 aromatic carbocycles. The zero-order valence-corrected chi connectivity index (χ0v) is 28.3. The fourth-order valence-electron chi connectivity index (χ4n) is 7.93. The second-order valence-corrected chi connectivity index (χ2v) is 13.8. The molecule has 1 nitrogen and oxygen atoms in total. The highest BCUT2D eigenvalue weighted by atomic mass is 15.1. The van der Waals surface area contributed by atoms with E-state index >= 15 is 0 Å². The van der Waals surface area contributed by atoms with Crippen LogP contribution in [0.2, 0.25) is 0 Å². The van der Waals surface area contributed by atoms with Crippen LogP contribution in [0.4, 0.5) is 17.1 Å². The normalized spacial score (nSPS) is 12.8. The molecular formula is C49H37N. The van der Waals surface area contributed by atoms with E-state index in [-0.39, 0.29) is 5.41 Å². The molecule has 0 aromatic heterocycles. The van der Waals surface area contributed by atoms with Crippen LogP contribution in [0.1, 0.15) is 25.0 Å². The van der Waals surface area contributed by atoms with Crippen molar-refractivity contribution in [2.24, 2.45) is 0 Å². The summed E-state index contributed by atoms with van der Waals surface area (Å²) < 4.78 is 0. The predicted octanol–water partition coefficient (Wildman–Crippen LogP) is 13.6. The fraction of sp³-hybridized carbons (Fsp3) is 0.0612. The molecule has 0 saturated carbocycles. The van der Waals surface area contributed by atoms with Crippen LogP contribution in [0.15, 0.2) is 188 Å². The Balaban J connectivity index is 1.14. The first-order chi connectivity index (χ1) is 24.6. The van der Waals surface area contributed by atoms with E-state index in [9.17, 15) is 0 Å². The van der Waals surface area contributed by atoms with Crippen LogP contribution < -0.4 is 4.90 Å². The Kier molecular flexibility index (Phi) is 7.21. The van der Waals surface area contributed by atoms with Crippen LogP contribution >= 0.6 is 0 Å². The van der Waals surface area contributed by atoms with Crippen molar-refractivity contribution in [1.29, 1.82) is 0 Å². The highest BCUT2D eigenvalue weighted by Crippen LogP contribution is 2.53. The molecule has 1 aliphatic rings. The van der Waals surface area contributed by atoms with Crippen LogP contribution in [-0.4, -0.2) is 0 Å². The van der Waals surface area contributed by atoms with E-state index in [0.29, 0.717) is 0 Å². The smallest absolute Gasteiger partial charge is 0.0465 e. The maximum atomic E-state index is 2.42. The maximum Gasteiger partial charge on any atom is 0.0465 e. The van der Waals surface area contributed by atoms with E-state index in [4.69, 9.17) is 0 Å². The number of nitrogens with zero attached hydrogens (tertiary/aromatic N) is 1. The number of fused-ring (bicyclic) bond motifs is 4. The first kappa shape index (κ1) is 29.9. The van der Waals surface area contributed by atoms with E-state index in [1.54, 1.807) is 0 Å².